The third-order valence-corrected chi connectivity index (χ3v) is 5.32. The monoisotopic (exact) mass is 388 g/mol. The van der Waals surface area contributed by atoms with Gasteiger partial charge >= 0.3 is 12.1 Å². The smallest absolute Gasteiger partial charge is 0.394 e. The molecule has 0 saturated carbocycles. The highest BCUT2D eigenvalue weighted by molar-refractivity contribution is 5.84. The molecule has 2 heterocycles. The number of carboxylic acid groups (broad SMARTS) is 1. The van der Waals surface area contributed by atoms with Crippen LogP contribution in [0.5, 0.6) is 0 Å². The zero-order chi connectivity index (χ0) is 19.8. The summed E-state index contributed by atoms with van der Waals surface area (Å²) in [5.41, 5.74) is 0.800. The average Bonchev–Trinajstić information content (AvgIpc) is 3.23. The standard InChI is InChI=1S/C18H20F4N2O3/c19-12-5-3-11(4-6-12)8-23-7-1-2-15(23)16(25)24-9-13(17(26)27)14(10-24)18(20,21)22/h3-6,13-15H,1-2,7-10H2,(H,26,27)/t13-,14-,15?/m1/s1. The van der Waals surface area contributed by atoms with Crippen LogP contribution in [-0.2, 0) is 16.1 Å². The number of carboxylic acids is 1. The van der Waals surface area contributed by atoms with E-state index >= 15 is 0 Å². The van der Waals surface area contributed by atoms with Crippen molar-refractivity contribution in [2.45, 2.75) is 31.6 Å². The van der Waals surface area contributed by atoms with E-state index in [0.717, 1.165) is 16.9 Å². The Balaban J connectivity index is 1.70. The maximum absolute atomic E-state index is 13.1. The molecule has 0 aromatic heterocycles. The van der Waals surface area contributed by atoms with Crippen LogP contribution in [-0.4, -0.2) is 58.6 Å². The van der Waals surface area contributed by atoms with Gasteiger partial charge in [0, 0.05) is 19.6 Å². The Kier molecular flexibility index (Phi) is 5.41. The average molecular weight is 388 g/mol. The predicted molar refractivity (Wildman–Crippen MR) is 87.1 cm³/mol. The lowest BCUT2D eigenvalue weighted by molar-refractivity contribution is -0.188. The fourth-order valence-electron chi connectivity index (χ4n) is 3.90. The third kappa shape index (κ3) is 4.23. The van der Waals surface area contributed by atoms with Gasteiger partial charge in [0.05, 0.1) is 17.9 Å². The number of nitrogens with zero attached hydrogens (tertiary/aromatic N) is 2. The number of halogens is 4. The minimum atomic E-state index is -4.67. The van der Waals surface area contributed by atoms with Gasteiger partial charge in [-0.25, -0.2) is 4.39 Å². The second-order valence-electron chi connectivity index (χ2n) is 7.09. The van der Waals surface area contributed by atoms with E-state index in [0.29, 0.717) is 19.5 Å². The highest BCUT2D eigenvalue weighted by atomic mass is 19.4. The molecule has 1 aromatic rings. The quantitative estimate of drug-likeness (QED) is 0.806. The molecule has 1 amide bonds. The van der Waals surface area contributed by atoms with Crippen LogP contribution in [0, 0.1) is 17.7 Å². The van der Waals surface area contributed by atoms with Gasteiger partial charge in [0.2, 0.25) is 5.91 Å². The molecule has 2 aliphatic rings. The summed E-state index contributed by atoms with van der Waals surface area (Å²) in [5.74, 6) is -6.07. The number of carbonyl (C=O) groups is 2. The first kappa shape index (κ1) is 19.6. The number of amides is 1. The van der Waals surface area contributed by atoms with Crippen molar-refractivity contribution >= 4 is 11.9 Å². The number of carbonyl (C=O) groups excluding carboxylic acids is 1. The number of alkyl halides is 3. The van der Waals surface area contributed by atoms with Crippen molar-refractivity contribution in [1.29, 1.82) is 0 Å². The van der Waals surface area contributed by atoms with E-state index in [9.17, 15) is 27.2 Å². The number of hydrogen-bond donors (Lipinski definition) is 1. The number of likely N-dealkylation sites (tertiary alicyclic amines) is 2. The van der Waals surface area contributed by atoms with E-state index in [2.05, 4.69) is 0 Å². The summed E-state index contributed by atoms with van der Waals surface area (Å²) in [6.45, 7) is -0.0678. The van der Waals surface area contributed by atoms with Crippen LogP contribution in [0.3, 0.4) is 0 Å². The molecule has 0 radical (unpaired) electrons. The maximum atomic E-state index is 13.1. The fraction of sp³-hybridized carbons (Fsp3) is 0.556. The van der Waals surface area contributed by atoms with Crippen LogP contribution in [0.15, 0.2) is 24.3 Å². The highest BCUT2D eigenvalue weighted by Gasteiger charge is 2.54. The van der Waals surface area contributed by atoms with Gasteiger partial charge in [-0.15, -0.1) is 0 Å². The van der Waals surface area contributed by atoms with Gasteiger partial charge in [0.1, 0.15) is 5.82 Å². The molecule has 9 heteroatoms. The van der Waals surface area contributed by atoms with Crippen LogP contribution in [0.4, 0.5) is 17.6 Å². The number of aliphatic carboxylic acids is 1. The Morgan fingerprint density at radius 3 is 2.37 bits per heavy atom. The molecule has 5 nitrogen and oxygen atoms in total. The molecular weight excluding hydrogens is 368 g/mol. The van der Waals surface area contributed by atoms with Crippen LogP contribution in [0.1, 0.15) is 18.4 Å². The first-order chi connectivity index (χ1) is 12.7. The fourth-order valence-corrected chi connectivity index (χ4v) is 3.90. The van der Waals surface area contributed by atoms with Crippen LogP contribution < -0.4 is 0 Å². The van der Waals surface area contributed by atoms with E-state index in [4.69, 9.17) is 5.11 Å². The minimum absolute atomic E-state index is 0.372. The molecule has 1 N–H and O–H groups in total. The first-order valence-electron chi connectivity index (χ1n) is 8.73. The van der Waals surface area contributed by atoms with Crippen molar-refractivity contribution in [3.8, 4) is 0 Å². The molecule has 0 aliphatic carbocycles. The third-order valence-electron chi connectivity index (χ3n) is 5.32. The zero-order valence-electron chi connectivity index (χ0n) is 14.5. The van der Waals surface area contributed by atoms with Crippen molar-refractivity contribution < 1.29 is 32.3 Å². The molecule has 3 rings (SSSR count). The number of hydrogen-bond acceptors (Lipinski definition) is 3. The Morgan fingerprint density at radius 1 is 1.15 bits per heavy atom. The molecule has 1 aromatic carbocycles. The van der Waals surface area contributed by atoms with Crippen LogP contribution in [0.25, 0.3) is 0 Å². The molecule has 3 atom stereocenters. The summed E-state index contributed by atoms with van der Waals surface area (Å²) < 4.78 is 52.4. The number of benzene rings is 1. The molecule has 27 heavy (non-hydrogen) atoms. The molecular formula is C18H20F4N2O3. The molecule has 2 saturated heterocycles. The van der Waals surface area contributed by atoms with Crippen LogP contribution >= 0.6 is 0 Å². The topological polar surface area (TPSA) is 60.9 Å². The molecule has 2 fully saturated rings. The van der Waals surface area contributed by atoms with Crippen molar-refractivity contribution in [2.75, 3.05) is 19.6 Å². The normalized spacial score (nSPS) is 26.5. The summed E-state index contributed by atoms with van der Waals surface area (Å²) in [7, 11) is 0. The van der Waals surface area contributed by atoms with Crippen molar-refractivity contribution in [2.24, 2.45) is 11.8 Å². The van der Waals surface area contributed by atoms with Gasteiger partial charge in [0.25, 0.3) is 0 Å². The van der Waals surface area contributed by atoms with Gasteiger partial charge in [-0.3, -0.25) is 14.5 Å². The second-order valence-corrected chi connectivity index (χ2v) is 7.09. The molecule has 1 unspecified atom stereocenters. The lowest BCUT2D eigenvalue weighted by atomic mass is 9.96. The van der Waals surface area contributed by atoms with E-state index < -0.39 is 49.0 Å². The minimum Gasteiger partial charge on any atom is -0.481 e. The van der Waals surface area contributed by atoms with E-state index in [-0.39, 0.29) is 5.82 Å². The summed E-state index contributed by atoms with van der Waals surface area (Å²) in [6, 6.07) is 5.25. The Labute approximate surface area is 153 Å². The summed E-state index contributed by atoms with van der Waals surface area (Å²) >= 11 is 0. The summed E-state index contributed by atoms with van der Waals surface area (Å²) in [6.07, 6.45) is -3.44. The predicted octanol–water partition coefficient (Wildman–Crippen LogP) is 2.51. The largest absolute Gasteiger partial charge is 0.481 e. The Bertz CT molecular complexity index is 708. The van der Waals surface area contributed by atoms with Gasteiger partial charge in [-0.2, -0.15) is 13.2 Å². The van der Waals surface area contributed by atoms with E-state index in [1.807, 2.05) is 4.90 Å². The molecule has 0 spiro atoms. The Hall–Kier alpha value is -2.16. The number of rotatable bonds is 4. The molecule has 2 aliphatic heterocycles. The lowest BCUT2D eigenvalue weighted by Crippen LogP contribution is -2.45. The first-order valence-corrected chi connectivity index (χ1v) is 8.73. The van der Waals surface area contributed by atoms with Crippen molar-refractivity contribution in [3.63, 3.8) is 0 Å². The van der Waals surface area contributed by atoms with Gasteiger partial charge in [-0.05, 0) is 37.1 Å². The van der Waals surface area contributed by atoms with Crippen molar-refractivity contribution in [3.05, 3.63) is 35.6 Å². The summed E-state index contributed by atoms with van der Waals surface area (Å²) in [4.78, 5) is 26.9. The van der Waals surface area contributed by atoms with E-state index in [1.165, 1.54) is 12.1 Å². The van der Waals surface area contributed by atoms with Gasteiger partial charge in [-0.1, -0.05) is 12.1 Å². The maximum Gasteiger partial charge on any atom is 0.394 e. The summed E-state index contributed by atoms with van der Waals surface area (Å²) in [5, 5.41) is 9.10. The van der Waals surface area contributed by atoms with Gasteiger partial charge < -0.3 is 10.0 Å². The second kappa shape index (κ2) is 7.46. The Morgan fingerprint density at radius 2 is 1.81 bits per heavy atom. The lowest BCUT2D eigenvalue weighted by Gasteiger charge is -2.28. The molecule has 0 bridgehead atoms. The highest BCUT2D eigenvalue weighted by Crippen LogP contribution is 2.38. The SMILES string of the molecule is O=C(O)[C@@H]1CN(C(=O)C2CCCN2Cc2ccc(F)cc2)C[C@H]1C(F)(F)F. The zero-order valence-corrected chi connectivity index (χ0v) is 14.5. The van der Waals surface area contributed by atoms with E-state index in [1.54, 1.807) is 12.1 Å². The van der Waals surface area contributed by atoms with Crippen molar-refractivity contribution in [1.82, 2.24) is 9.80 Å². The van der Waals surface area contributed by atoms with Gasteiger partial charge in [0.15, 0.2) is 0 Å². The van der Waals surface area contributed by atoms with Crippen LogP contribution in [0.2, 0.25) is 0 Å². The molecule has 148 valence electrons.